The molecule has 10 rings (SSSR count). The van der Waals surface area contributed by atoms with E-state index < -0.39 is 0 Å². The molecule has 1 aliphatic carbocycles. The first-order valence-electron chi connectivity index (χ1n) is 21.2. The molecule has 0 aliphatic heterocycles. The van der Waals surface area contributed by atoms with E-state index >= 15 is 0 Å². The highest BCUT2D eigenvalue weighted by molar-refractivity contribution is 5.99. The van der Waals surface area contributed by atoms with Gasteiger partial charge in [-0.15, -0.1) is 0 Å². The van der Waals surface area contributed by atoms with E-state index in [1.54, 1.807) is 6.07 Å². The average Bonchev–Trinajstić information content (AvgIpc) is 3.73. The van der Waals surface area contributed by atoms with Crippen LogP contribution < -0.4 is 0 Å². The highest BCUT2D eigenvalue weighted by Crippen LogP contribution is 2.44. The van der Waals surface area contributed by atoms with E-state index in [2.05, 4.69) is 190 Å². The molecule has 4 heteroatoms. The Hall–Kier alpha value is -7.04. The second-order valence-electron chi connectivity index (χ2n) is 16.6. The summed E-state index contributed by atoms with van der Waals surface area (Å²) in [4.78, 5) is 10.9. The second-order valence-corrected chi connectivity index (χ2v) is 16.6. The molecular weight excluding hydrogens is 731 g/mol. The zero-order valence-electron chi connectivity index (χ0n) is 34.5. The zero-order valence-corrected chi connectivity index (χ0v) is 34.5. The first kappa shape index (κ1) is 37.2. The molecule has 0 saturated heterocycles. The lowest BCUT2D eigenvalue weighted by Gasteiger charge is -2.21. The van der Waals surface area contributed by atoms with Crippen molar-refractivity contribution in [3.8, 4) is 78.9 Å². The molecule has 2 aromatic heterocycles. The van der Waals surface area contributed by atoms with E-state index in [0.717, 1.165) is 96.7 Å². The van der Waals surface area contributed by atoms with Crippen molar-refractivity contribution in [2.45, 2.75) is 52.4 Å². The van der Waals surface area contributed by atoms with Crippen molar-refractivity contribution in [1.29, 1.82) is 0 Å². The Kier molecular flexibility index (Phi) is 9.49. The molecular formula is C56H47N3O. The van der Waals surface area contributed by atoms with Gasteiger partial charge < -0.3 is 5.11 Å². The van der Waals surface area contributed by atoms with Crippen LogP contribution in [-0.2, 0) is 12.8 Å². The molecule has 0 amide bonds. The number of aromatic nitrogens is 3. The van der Waals surface area contributed by atoms with Gasteiger partial charge in [-0.05, 0) is 98.2 Å². The number of hydrogen-bond donors (Lipinski definition) is 1. The van der Waals surface area contributed by atoms with E-state index in [1.165, 1.54) is 22.3 Å². The fraction of sp³-hybridized carbons (Fsp3) is 0.143. The van der Waals surface area contributed by atoms with Crippen molar-refractivity contribution in [3.05, 3.63) is 192 Å². The number of rotatable bonds is 8. The van der Waals surface area contributed by atoms with Crippen molar-refractivity contribution in [2.75, 3.05) is 0 Å². The molecule has 0 spiro atoms. The maximum absolute atomic E-state index is 11.1. The summed E-state index contributed by atoms with van der Waals surface area (Å²) in [7, 11) is 0. The SMILES string of the molecule is CC(C)c1cccc(C(C)C)c1-c1ccc2cccc(-c3nc(-c4ccc5c(n4)-c4c(O)cccc4CC5)cn3-c3c(-c4ccccc4)cccc3-c3ccccc3)c2c1. The van der Waals surface area contributed by atoms with Crippen LogP contribution in [0.4, 0.5) is 0 Å². The van der Waals surface area contributed by atoms with Crippen LogP contribution in [0.2, 0.25) is 0 Å². The number of aromatic hydroxyl groups is 1. The lowest BCUT2D eigenvalue weighted by molar-refractivity contribution is 0.476. The molecule has 4 nitrogen and oxygen atoms in total. The average molecular weight is 778 g/mol. The van der Waals surface area contributed by atoms with Crippen LogP contribution in [0.3, 0.4) is 0 Å². The van der Waals surface area contributed by atoms with Crippen molar-refractivity contribution in [1.82, 2.24) is 14.5 Å². The summed E-state index contributed by atoms with van der Waals surface area (Å²) in [5, 5.41) is 13.4. The van der Waals surface area contributed by atoms with Gasteiger partial charge in [-0.3, -0.25) is 4.57 Å². The topological polar surface area (TPSA) is 50.9 Å². The molecule has 0 radical (unpaired) electrons. The molecule has 0 atom stereocenters. The zero-order chi connectivity index (χ0) is 40.9. The normalized spacial score (nSPS) is 12.2. The molecule has 60 heavy (non-hydrogen) atoms. The molecule has 1 aliphatic rings. The molecule has 9 aromatic rings. The summed E-state index contributed by atoms with van der Waals surface area (Å²) in [5.41, 5.74) is 17.2. The monoisotopic (exact) mass is 777 g/mol. The first-order valence-corrected chi connectivity index (χ1v) is 21.2. The lowest BCUT2D eigenvalue weighted by atomic mass is 9.84. The van der Waals surface area contributed by atoms with Crippen molar-refractivity contribution >= 4 is 10.8 Å². The highest BCUT2D eigenvalue weighted by Gasteiger charge is 2.25. The number of fused-ring (bicyclic) bond motifs is 4. The number of phenols is 1. The van der Waals surface area contributed by atoms with Crippen LogP contribution in [-0.4, -0.2) is 19.6 Å². The van der Waals surface area contributed by atoms with Crippen LogP contribution in [0.1, 0.15) is 61.8 Å². The summed E-state index contributed by atoms with van der Waals surface area (Å²) in [5.74, 6) is 1.84. The van der Waals surface area contributed by atoms with E-state index in [0.29, 0.717) is 11.8 Å². The first-order chi connectivity index (χ1) is 29.3. The molecule has 2 heterocycles. The molecule has 292 valence electrons. The number of nitrogens with zero attached hydrogens (tertiary/aromatic N) is 3. The van der Waals surface area contributed by atoms with Gasteiger partial charge in [-0.2, -0.15) is 0 Å². The molecule has 1 N–H and O–H groups in total. The summed E-state index contributed by atoms with van der Waals surface area (Å²) >= 11 is 0. The van der Waals surface area contributed by atoms with Crippen LogP contribution >= 0.6 is 0 Å². The number of phenolic OH excluding ortho intramolecular Hbond substituents is 1. The highest BCUT2D eigenvalue weighted by atomic mass is 16.3. The maximum Gasteiger partial charge on any atom is 0.145 e. The fourth-order valence-corrected chi connectivity index (χ4v) is 9.26. The Morgan fingerprint density at radius 3 is 1.80 bits per heavy atom. The minimum absolute atomic E-state index is 0.264. The molecule has 0 bridgehead atoms. The van der Waals surface area contributed by atoms with Gasteiger partial charge in [0.05, 0.1) is 17.1 Å². The van der Waals surface area contributed by atoms with Crippen molar-refractivity contribution in [3.63, 3.8) is 0 Å². The van der Waals surface area contributed by atoms with Gasteiger partial charge in [0, 0.05) is 28.5 Å². The Morgan fingerprint density at radius 2 is 1.12 bits per heavy atom. The predicted octanol–water partition coefficient (Wildman–Crippen LogP) is 14.5. The third-order valence-corrected chi connectivity index (χ3v) is 12.2. The molecule has 0 unspecified atom stereocenters. The van der Waals surface area contributed by atoms with E-state index in [4.69, 9.17) is 9.97 Å². The second kappa shape index (κ2) is 15.3. The summed E-state index contributed by atoms with van der Waals surface area (Å²) in [6.07, 6.45) is 3.92. The van der Waals surface area contributed by atoms with Crippen LogP contribution in [0.25, 0.3) is 83.9 Å². The van der Waals surface area contributed by atoms with Gasteiger partial charge in [-0.25, -0.2) is 9.97 Å². The number of pyridine rings is 1. The number of aryl methyl sites for hydroxylation is 2. The van der Waals surface area contributed by atoms with E-state index in [9.17, 15) is 5.11 Å². The van der Waals surface area contributed by atoms with Gasteiger partial charge in [0.2, 0.25) is 0 Å². The number of imidazole rings is 1. The Balaban J connectivity index is 1.27. The van der Waals surface area contributed by atoms with Gasteiger partial charge in [0.25, 0.3) is 0 Å². The number of benzene rings is 7. The Bertz CT molecular complexity index is 2970. The summed E-state index contributed by atoms with van der Waals surface area (Å²) in [6, 6.07) is 58.2. The number of para-hydroxylation sites is 1. The molecule has 0 fully saturated rings. The van der Waals surface area contributed by atoms with Crippen molar-refractivity contribution < 1.29 is 5.11 Å². The third-order valence-electron chi connectivity index (χ3n) is 12.2. The van der Waals surface area contributed by atoms with Crippen LogP contribution in [0.15, 0.2) is 170 Å². The lowest BCUT2D eigenvalue weighted by Crippen LogP contribution is -2.06. The fourth-order valence-electron chi connectivity index (χ4n) is 9.26. The molecule has 0 saturated carbocycles. The predicted molar refractivity (Wildman–Crippen MR) is 249 cm³/mol. The molecule has 7 aromatic carbocycles. The van der Waals surface area contributed by atoms with E-state index in [1.807, 2.05) is 6.07 Å². The van der Waals surface area contributed by atoms with Gasteiger partial charge in [0.15, 0.2) is 0 Å². The standard InChI is InChI=1S/C56H47N3O/c1-35(2)43-21-13-22-44(36(3)4)52(43)42-30-27-39-19-11-25-47(48(39)33-42)56-58-50(49-32-31-41-29-28-40-20-12-26-51(60)53(40)54(41)57-49)34-59(56)55-45(37-15-7-5-8-16-37)23-14-24-46(55)38-17-9-6-10-18-38/h5-27,30-36,60H,28-29H2,1-4H3. The van der Waals surface area contributed by atoms with Gasteiger partial charge >= 0.3 is 0 Å². The quantitative estimate of drug-likeness (QED) is 0.167. The smallest absolute Gasteiger partial charge is 0.145 e. The van der Waals surface area contributed by atoms with Gasteiger partial charge in [-0.1, -0.05) is 173 Å². The van der Waals surface area contributed by atoms with Crippen molar-refractivity contribution in [2.24, 2.45) is 0 Å². The van der Waals surface area contributed by atoms with Crippen LogP contribution in [0, 0.1) is 0 Å². The largest absolute Gasteiger partial charge is 0.507 e. The Morgan fingerprint density at radius 1 is 0.500 bits per heavy atom. The Labute approximate surface area is 352 Å². The summed E-state index contributed by atoms with van der Waals surface area (Å²) in [6.45, 7) is 9.15. The number of hydrogen-bond acceptors (Lipinski definition) is 3. The minimum atomic E-state index is 0.264. The minimum Gasteiger partial charge on any atom is -0.507 e. The van der Waals surface area contributed by atoms with Crippen LogP contribution in [0.5, 0.6) is 5.75 Å². The third kappa shape index (κ3) is 6.49. The summed E-state index contributed by atoms with van der Waals surface area (Å²) < 4.78 is 2.30. The van der Waals surface area contributed by atoms with Gasteiger partial charge in [0.1, 0.15) is 17.3 Å². The maximum atomic E-state index is 11.1. The van der Waals surface area contributed by atoms with E-state index in [-0.39, 0.29) is 5.75 Å².